The molecule has 1 N–H and O–H groups in total. The lowest BCUT2D eigenvalue weighted by molar-refractivity contribution is -0.121. The zero-order valence-corrected chi connectivity index (χ0v) is 12.3. The number of nitrogens with one attached hydrogen (secondary N) is 1. The zero-order chi connectivity index (χ0) is 13.8. The summed E-state index contributed by atoms with van der Waals surface area (Å²) in [6.45, 7) is 4.34. The molecule has 0 bridgehead atoms. The van der Waals surface area contributed by atoms with Crippen molar-refractivity contribution >= 4 is 27.3 Å². The number of carbonyl (C=O) groups is 1. The molecule has 102 valence electrons. The molecule has 0 aliphatic carbocycles. The van der Waals surface area contributed by atoms with Gasteiger partial charge in [-0.15, -0.1) is 11.3 Å². The molecule has 1 heterocycles. The predicted molar refractivity (Wildman–Crippen MR) is 72.0 cm³/mol. The third kappa shape index (κ3) is 4.08. The number of likely N-dealkylation sites (N-methyl/N-ethyl adjacent to an activating group) is 1. The van der Waals surface area contributed by atoms with Gasteiger partial charge in [0.1, 0.15) is 4.21 Å². The van der Waals surface area contributed by atoms with Gasteiger partial charge in [0.25, 0.3) is 10.0 Å². The minimum Gasteiger partial charge on any atom is -0.355 e. The van der Waals surface area contributed by atoms with Crippen molar-refractivity contribution in [3.63, 3.8) is 0 Å². The summed E-state index contributed by atoms with van der Waals surface area (Å²) in [6.07, 6.45) is 0. The molecule has 1 rings (SSSR count). The fraction of sp³-hybridized carbons (Fsp3) is 0.545. The molecule has 0 unspecified atom stereocenters. The monoisotopic (exact) mass is 290 g/mol. The zero-order valence-electron chi connectivity index (χ0n) is 10.7. The summed E-state index contributed by atoms with van der Waals surface area (Å²) in [6, 6.07) is 3.20. The van der Waals surface area contributed by atoms with Gasteiger partial charge in [0, 0.05) is 13.6 Å². The molecule has 0 radical (unpaired) electrons. The van der Waals surface area contributed by atoms with E-state index in [2.05, 4.69) is 5.32 Å². The van der Waals surface area contributed by atoms with E-state index < -0.39 is 10.0 Å². The second-order valence-electron chi connectivity index (χ2n) is 4.39. The summed E-state index contributed by atoms with van der Waals surface area (Å²) in [5.41, 5.74) is 0. The molecule has 0 aliphatic rings. The average molecular weight is 290 g/mol. The van der Waals surface area contributed by atoms with Crippen LogP contribution in [0.25, 0.3) is 0 Å². The van der Waals surface area contributed by atoms with Crippen molar-refractivity contribution in [1.29, 1.82) is 0 Å². The van der Waals surface area contributed by atoms with Gasteiger partial charge in [0.05, 0.1) is 6.54 Å². The molecular formula is C11H18N2O3S2. The molecule has 18 heavy (non-hydrogen) atoms. The lowest BCUT2D eigenvalue weighted by Gasteiger charge is -2.16. The molecule has 0 saturated carbocycles. The van der Waals surface area contributed by atoms with Gasteiger partial charge in [0.15, 0.2) is 0 Å². The molecule has 1 amide bonds. The van der Waals surface area contributed by atoms with E-state index in [4.69, 9.17) is 0 Å². The molecule has 1 aromatic rings. The summed E-state index contributed by atoms with van der Waals surface area (Å²) in [4.78, 5) is 11.6. The maximum Gasteiger partial charge on any atom is 0.252 e. The van der Waals surface area contributed by atoms with Crippen LogP contribution >= 0.6 is 11.3 Å². The summed E-state index contributed by atoms with van der Waals surface area (Å²) in [7, 11) is -2.13. The van der Waals surface area contributed by atoms with Gasteiger partial charge in [0.2, 0.25) is 5.91 Å². The van der Waals surface area contributed by atoms with E-state index in [1.165, 1.54) is 13.1 Å². The van der Waals surface area contributed by atoms with Crippen LogP contribution in [0.2, 0.25) is 0 Å². The third-order valence-electron chi connectivity index (χ3n) is 2.23. The number of hydrogen-bond donors (Lipinski definition) is 1. The Morgan fingerprint density at radius 3 is 2.67 bits per heavy atom. The van der Waals surface area contributed by atoms with E-state index in [0.29, 0.717) is 12.5 Å². The van der Waals surface area contributed by atoms with Crippen LogP contribution in [0.1, 0.15) is 13.8 Å². The molecule has 0 saturated heterocycles. The Bertz CT molecular complexity index is 480. The smallest absolute Gasteiger partial charge is 0.252 e. The highest BCUT2D eigenvalue weighted by molar-refractivity contribution is 7.91. The highest BCUT2D eigenvalue weighted by Crippen LogP contribution is 2.19. The summed E-state index contributed by atoms with van der Waals surface area (Å²) < 4.78 is 25.4. The number of carbonyl (C=O) groups excluding carboxylic acids is 1. The van der Waals surface area contributed by atoms with Crippen LogP contribution in [0.3, 0.4) is 0 Å². The van der Waals surface area contributed by atoms with Gasteiger partial charge in [-0.25, -0.2) is 8.42 Å². The van der Waals surface area contributed by atoms with Crippen molar-refractivity contribution in [2.24, 2.45) is 5.92 Å². The Morgan fingerprint density at radius 1 is 1.50 bits per heavy atom. The van der Waals surface area contributed by atoms with Crippen LogP contribution in [0, 0.1) is 5.92 Å². The maximum atomic E-state index is 12.0. The molecule has 0 fully saturated rings. The van der Waals surface area contributed by atoms with Crippen LogP contribution in [0.4, 0.5) is 0 Å². The number of hydrogen-bond acceptors (Lipinski definition) is 4. The highest BCUT2D eigenvalue weighted by atomic mass is 32.2. The standard InChI is InChI=1S/C11H18N2O3S2/c1-9(2)7-12-10(14)8-13(3)18(15,16)11-5-4-6-17-11/h4-6,9H,7-8H2,1-3H3,(H,12,14). The van der Waals surface area contributed by atoms with Crippen molar-refractivity contribution < 1.29 is 13.2 Å². The van der Waals surface area contributed by atoms with Gasteiger partial charge in [-0.2, -0.15) is 4.31 Å². The number of rotatable bonds is 6. The maximum absolute atomic E-state index is 12.0. The normalized spacial score (nSPS) is 12.1. The van der Waals surface area contributed by atoms with Crippen LogP contribution in [-0.2, 0) is 14.8 Å². The van der Waals surface area contributed by atoms with Crippen molar-refractivity contribution in [2.45, 2.75) is 18.1 Å². The summed E-state index contributed by atoms with van der Waals surface area (Å²) in [5.74, 6) is 0.0551. The first-order chi connectivity index (χ1) is 8.34. The lowest BCUT2D eigenvalue weighted by Crippen LogP contribution is -2.39. The minimum absolute atomic E-state index is 0.160. The SMILES string of the molecule is CC(C)CNC(=O)CN(C)S(=O)(=O)c1cccs1. The van der Waals surface area contributed by atoms with Crippen molar-refractivity contribution in [3.8, 4) is 0 Å². The number of amides is 1. The first-order valence-corrected chi connectivity index (χ1v) is 7.92. The van der Waals surface area contributed by atoms with Crippen molar-refractivity contribution in [2.75, 3.05) is 20.1 Å². The van der Waals surface area contributed by atoms with Crippen molar-refractivity contribution in [1.82, 2.24) is 9.62 Å². The Hall–Kier alpha value is -0.920. The van der Waals surface area contributed by atoms with Crippen molar-refractivity contribution in [3.05, 3.63) is 17.5 Å². The molecule has 7 heteroatoms. The van der Waals surface area contributed by atoms with Gasteiger partial charge < -0.3 is 5.32 Å². The highest BCUT2D eigenvalue weighted by Gasteiger charge is 2.23. The summed E-state index contributed by atoms with van der Waals surface area (Å²) >= 11 is 1.14. The molecule has 0 aliphatic heterocycles. The molecule has 1 aromatic heterocycles. The fourth-order valence-electron chi connectivity index (χ4n) is 1.22. The number of thiophene rings is 1. The summed E-state index contributed by atoms with van der Waals surface area (Å²) in [5, 5.41) is 4.38. The average Bonchev–Trinajstić information content (AvgIpc) is 2.80. The Balaban J connectivity index is 2.60. The van der Waals surface area contributed by atoms with Crippen LogP contribution in [0.15, 0.2) is 21.7 Å². The van der Waals surface area contributed by atoms with Gasteiger partial charge >= 0.3 is 0 Å². The first kappa shape index (κ1) is 15.1. The Morgan fingerprint density at radius 2 is 2.17 bits per heavy atom. The number of sulfonamides is 1. The Labute approximate surface area is 112 Å². The first-order valence-electron chi connectivity index (χ1n) is 5.60. The topological polar surface area (TPSA) is 66.5 Å². The third-order valence-corrected chi connectivity index (χ3v) is 5.41. The Kier molecular flexibility index (Phi) is 5.30. The molecule has 0 aromatic carbocycles. The fourth-order valence-corrected chi connectivity index (χ4v) is 3.55. The molecule has 5 nitrogen and oxygen atoms in total. The van der Waals surface area contributed by atoms with Gasteiger partial charge in [-0.05, 0) is 17.4 Å². The lowest BCUT2D eigenvalue weighted by atomic mass is 10.2. The molecule has 0 atom stereocenters. The second-order valence-corrected chi connectivity index (χ2v) is 7.61. The van der Waals surface area contributed by atoms with E-state index in [1.807, 2.05) is 13.8 Å². The van der Waals surface area contributed by atoms with E-state index in [9.17, 15) is 13.2 Å². The van der Waals surface area contributed by atoms with E-state index in [1.54, 1.807) is 11.4 Å². The quantitative estimate of drug-likeness (QED) is 0.854. The minimum atomic E-state index is -3.54. The van der Waals surface area contributed by atoms with Crippen LogP contribution in [-0.4, -0.2) is 38.8 Å². The van der Waals surface area contributed by atoms with E-state index >= 15 is 0 Å². The van der Waals surface area contributed by atoms with E-state index in [0.717, 1.165) is 15.6 Å². The molecule has 0 spiro atoms. The van der Waals surface area contributed by atoms with E-state index in [-0.39, 0.29) is 16.7 Å². The predicted octanol–water partition coefficient (Wildman–Crippen LogP) is 1.14. The largest absolute Gasteiger partial charge is 0.355 e. The van der Waals surface area contributed by atoms with Gasteiger partial charge in [-0.1, -0.05) is 19.9 Å². The number of nitrogens with zero attached hydrogens (tertiary/aromatic N) is 1. The molecular weight excluding hydrogens is 272 g/mol. The second kappa shape index (κ2) is 6.31. The van der Waals surface area contributed by atoms with Crippen LogP contribution < -0.4 is 5.32 Å². The van der Waals surface area contributed by atoms with Crippen LogP contribution in [0.5, 0.6) is 0 Å². The van der Waals surface area contributed by atoms with Gasteiger partial charge in [-0.3, -0.25) is 4.79 Å².